The zero-order valence-electron chi connectivity index (χ0n) is 18.8. The van der Waals surface area contributed by atoms with E-state index in [1.807, 2.05) is 24.3 Å². The van der Waals surface area contributed by atoms with E-state index >= 15 is 0 Å². The zero-order valence-corrected chi connectivity index (χ0v) is 21.6. The Kier molecular flexibility index (Phi) is 5.54. The third-order valence-corrected chi connectivity index (χ3v) is 19.0. The molecule has 164 valence electrons. The molecule has 0 saturated carbocycles. The second-order valence-electron chi connectivity index (χ2n) is 10.1. The van der Waals surface area contributed by atoms with Crippen LogP contribution in [0.25, 0.3) is 10.9 Å². The summed E-state index contributed by atoms with van der Waals surface area (Å²) in [6.07, 6.45) is 6.11. The average Bonchev–Trinajstić information content (AvgIpc) is 2.70. The van der Waals surface area contributed by atoms with Crippen LogP contribution < -0.4 is 0 Å². The number of para-hydroxylation sites is 1. The van der Waals surface area contributed by atoms with Crippen LogP contribution in [0.15, 0.2) is 41.4 Å². The lowest BCUT2D eigenvalue weighted by Gasteiger charge is -2.61. The van der Waals surface area contributed by atoms with Crippen LogP contribution in [-0.2, 0) is 14.1 Å². The van der Waals surface area contributed by atoms with Crippen molar-refractivity contribution in [1.82, 2.24) is 9.29 Å². The van der Waals surface area contributed by atoms with Gasteiger partial charge in [0.1, 0.15) is 4.90 Å². The maximum atomic E-state index is 13.9. The van der Waals surface area contributed by atoms with Crippen molar-refractivity contribution in [3.63, 3.8) is 0 Å². The molecule has 0 radical (unpaired) electrons. The largest absolute Gasteiger partial charge is 0.455 e. The molecule has 0 amide bonds. The highest BCUT2D eigenvalue weighted by molar-refractivity contribution is 7.89. The normalized spacial score (nSPS) is 28.5. The first-order chi connectivity index (χ1) is 14.0. The van der Waals surface area contributed by atoms with Gasteiger partial charge in [0.15, 0.2) is 16.6 Å². The summed E-state index contributed by atoms with van der Waals surface area (Å²) in [5.74, 6) is 0. The molecule has 2 aliphatic heterocycles. The first-order valence-corrected chi connectivity index (χ1v) is 18.4. The molecule has 0 aliphatic carbocycles. The van der Waals surface area contributed by atoms with Crippen molar-refractivity contribution >= 4 is 37.6 Å². The minimum Gasteiger partial charge on any atom is -0.455 e. The van der Waals surface area contributed by atoms with Crippen LogP contribution in [0, 0.1) is 0 Å². The maximum Gasteiger partial charge on any atom is 0.245 e. The number of hydrogen-bond donors (Lipinski definition) is 0. The molecule has 4 rings (SSSR count). The van der Waals surface area contributed by atoms with E-state index in [1.54, 1.807) is 16.6 Å². The zero-order chi connectivity index (χ0) is 21.8. The number of hydrogen-bond acceptors (Lipinski definition) is 4. The number of piperidine rings is 1. The highest BCUT2D eigenvalue weighted by atomic mass is 32.2. The monoisotopic (exact) mass is 462 g/mol. The van der Waals surface area contributed by atoms with Gasteiger partial charge in [0, 0.05) is 29.7 Å². The van der Waals surface area contributed by atoms with E-state index in [0.717, 1.165) is 31.1 Å². The number of aromatic nitrogens is 1. The smallest absolute Gasteiger partial charge is 0.245 e. The van der Waals surface area contributed by atoms with Crippen LogP contribution in [0.5, 0.6) is 0 Å². The molecule has 8 heteroatoms. The standard InChI is InChI=1S/C22H34N2O3SSi2/c1-6-7-13-22-15-19(29(2,3)27-30(22,4)5)16-24(17-22)28(25,26)20-12-8-10-18-11-9-14-23-21(18)20/h8-12,14,19H,6-7,13,15-17H2,1-5H3. The lowest BCUT2D eigenvalue weighted by atomic mass is 9.92. The van der Waals surface area contributed by atoms with Crippen LogP contribution >= 0.6 is 0 Å². The highest BCUT2D eigenvalue weighted by Gasteiger charge is 2.62. The molecule has 2 saturated heterocycles. The summed E-state index contributed by atoms with van der Waals surface area (Å²) in [6.45, 7) is 12.6. The van der Waals surface area contributed by atoms with Crippen molar-refractivity contribution in [2.24, 2.45) is 0 Å². The fourth-order valence-electron chi connectivity index (χ4n) is 5.60. The number of sulfonamides is 1. The molecule has 30 heavy (non-hydrogen) atoms. The summed E-state index contributed by atoms with van der Waals surface area (Å²) in [4.78, 5) is 4.76. The number of fused-ring (bicyclic) bond motifs is 3. The third kappa shape index (κ3) is 3.50. The number of benzene rings is 1. The van der Waals surface area contributed by atoms with E-state index in [9.17, 15) is 8.42 Å². The lowest BCUT2D eigenvalue weighted by Crippen LogP contribution is -2.67. The van der Waals surface area contributed by atoms with Gasteiger partial charge in [-0.3, -0.25) is 4.98 Å². The van der Waals surface area contributed by atoms with Crippen molar-refractivity contribution in [3.05, 3.63) is 36.5 Å². The Balaban J connectivity index is 1.81. The first kappa shape index (κ1) is 22.1. The minimum atomic E-state index is -3.63. The SMILES string of the molecule is CCCCC12CC(CN(S(=O)(=O)c3cccc4cccnc34)C1)[Si](C)(C)O[Si]2(C)C. The van der Waals surface area contributed by atoms with Crippen molar-refractivity contribution < 1.29 is 12.5 Å². The molecule has 2 aromatic rings. The molecule has 1 aromatic heterocycles. The van der Waals surface area contributed by atoms with Crippen LogP contribution in [0.3, 0.4) is 0 Å². The molecule has 2 bridgehead atoms. The molecule has 2 aliphatic rings. The Morgan fingerprint density at radius 2 is 1.93 bits per heavy atom. The maximum absolute atomic E-state index is 13.9. The molecule has 5 nitrogen and oxygen atoms in total. The Morgan fingerprint density at radius 3 is 2.67 bits per heavy atom. The van der Waals surface area contributed by atoms with Gasteiger partial charge in [-0.05, 0) is 56.7 Å². The summed E-state index contributed by atoms with van der Waals surface area (Å²) in [6, 6.07) is 9.25. The third-order valence-electron chi connectivity index (χ3n) is 7.54. The number of nitrogens with zero attached hydrogens (tertiary/aromatic N) is 2. The van der Waals surface area contributed by atoms with Crippen LogP contribution in [-0.4, -0.2) is 47.4 Å². The molecule has 0 spiro atoms. The molecule has 3 heterocycles. The Hall–Kier alpha value is -1.07. The van der Waals surface area contributed by atoms with E-state index in [1.165, 1.54) is 0 Å². The Bertz CT molecular complexity index is 1050. The molecule has 2 fully saturated rings. The summed E-state index contributed by atoms with van der Waals surface area (Å²) >= 11 is 0. The van der Waals surface area contributed by atoms with Gasteiger partial charge in [-0.1, -0.05) is 38.0 Å². The molecule has 0 N–H and O–H groups in total. The molecular weight excluding hydrogens is 428 g/mol. The van der Waals surface area contributed by atoms with Crippen molar-refractivity contribution in [1.29, 1.82) is 0 Å². The number of rotatable bonds is 5. The lowest BCUT2D eigenvalue weighted by molar-refractivity contribution is 0.207. The number of unbranched alkanes of at least 4 members (excludes halogenated alkanes) is 1. The van der Waals surface area contributed by atoms with Gasteiger partial charge < -0.3 is 4.12 Å². The minimum absolute atomic E-state index is 0.0144. The van der Waals surface area contributed by atoms with Crippen molar-refractivity contribution in [2.45, 2.75) is 74.3 Å². The van der Waals surface area contributed by atoms with Crippen molar-refractivity contribution in [2.75, 3.05) is 13.1 Å². The van der Waals surface area contributed by atoms with Crippen LogP contribution in [0.1, 0.15) is 32.6 Å². The molecule has 1 aromatic carbocycles. The van der Waals surface area contributed by atoms with Crippen molar-refractivity contribution in [3.8, 4) is 0 Å². The predicted molar refractivity (Wildman–Crippen MR) is 127 cm³/mol. The second kappa shape index (κ2) is 7.51. The first-order valence-electron chi connectivity index (χ1n) is 11.1. The van der Waals surface area contributed by atoms with E-state index in [-0.39, 0.29) is 5.04 Å². The molecule has 2 atom stereocenters. The van der Waals surface area contributed by atoms with E-state index in [4.69, 9.17) is 4.12 Å². The topological polar surface area (TPSA) is 59.5 Å². The second-order valence-corrected chi connectivity index (χ2v) is 21.0. The Labute approximate surface area is 183 Å². The van der Waals surface area contributed by atoms with E-state index < -0.39 is 26.7 Å². The summed E-state index contributed by atoms with van der Waals surface area (Å²) in [5, 5.41) is 0.851. The van der Waals surface area contributed by atoms with Gasteiger partial charge in [-0.25, -0.2) is 8.42 Å². The average molecular weight is 463 g/mol. The summed E-state index contributed by atoms with van der Waals surface area (Å²) < 4.78 is 36.6. The summed E-state index contributed by atoms with van der Waals surface area (Å²) in [7, 11) is -7.67. The fraction of sp³-hybridized carbons (Fsp3) is 0.591. The van der Waals surface area contributed by atoms with Gasteiger partial charge in [-0.15, -0.1) is 0 Å². The van der Waals surface area contributed by atoms with Gasteiger partial charge in [0.05, 0.1) is 5.52 Å². The number of pyridine rings is 1. The van der Waals surface area contributed by atoms with Crippen LogP contribution in [0.2, 0.25) is 36.8 Å². The molecular formula is C22H34N2O3SSi2. The quantitative estimate of drug-likeness (QED) is 0.560. The van der Waals surface area contributed by atoms with E-state index in [2.05, 4.69) is 38.1 Å². The highest BCUT2D eigenvalue weighted by Crippen LogP contribution is 2.60. The van der Waals surface area contributed by atoms with Gasteiger partial charge in [-0.2, -0.15) is 4.31 Å². The molecule has 2 unspecified atom stereocenters. The Morgan fingerprint density at radius 1 is 1.20 bits per heavy atom. The summed E-state index contributed by atoms with van der Waals surface area (Å²) in [5.41, 5.74) is 0.906. The predicted octanol–water partition coefficient (Wildman–Crippen LogP) is 5.37. The fourth-order valence-corrected chi connectivity index (χ4v) is 18.2. The van der Waals surface area contributed by atoms with Gasteiger partial charge in [0.2, 0.25) is 10.0 Å². The van der Waals surface area contributed by atoms with Crippen LogP contribution in [0.4, 0.5) is 0 Å². The van der Waals surface area contributed by atoms with Gasteiger partial charge >= 0.3 is 0 Å². The van der Waals surface area contributed by atoms with E-state index in [0.29, 0.717) is 29.0 Å². The van der Waals surface area contributed by atoms with Gasteiger partial charge in [0.25, 0.3) is 0 Å².